The number of carbonyl (C=O) groups is 2. The van der Waals surface area contributed by atoms with Crippen LogP contribution >= 0.6 is 0 Å². The molecule has 0 radical (unpaired) electrons. The third-order valence-electron chi connectivity index (χ3n) is 4.46. The normalized spacial score (nSPS) is 15.6. The number of amides is 2. The molecule has 3 rings (SSSR count). The average Bonchev–Trinajstić information content (AvgIpc) is 3.26. The predicted octanol–water partition coefficient (Wildman–Crippen LogP) is 3.01. The first-order valence-electron chi connectivity index (χ1n) is 9.80. The molecule has 1 atom stereocenters. The molecule has 7 heteroatoms. The highest BCUT2D eigenvalue weighted by molar-refractivity contribution is 6.04. The predicted molar refractivity (Wildman–Crippen MR) is 109 cm³/mol. The first-order valence-corrected chi connectivity index (χ1v) is 9.80. The molecule has 2 aromatic carbocycles. The SMILES string of the molecule is CCOc1ccc(OCC(=O)Nc2ccccc2C(=O)NC[C@H]2CCCO2)cc1. The highest BCUT2D eigenvalue weighted by Gasteiger charge is 2.18. The molecule has 1 aliphatic rings. The number of anilines is 1. The van der Waals surface area contributed by atoms with Crippen LogP contribution in [0.4, 0.5) is 5.69 Å². The number of benzene rings is 2. The van der Waals surface area contributed by atoms with Crippen LogP contribution < -0.4 is 20.1 Å². The molecule has 1 heterocycles. The molecule has 1 aliphatic heterocycles. The van der Waals surface area contributed by atoms with Gasteiger partial charge in [0.2, 0.25) is 0 Å². The lowest BCUT2D eigenvalue weighted by Crippen LogP contribution is -2.32. The second-order valence-corrected chi connectivity index (χ2v) is 6.63. The number of ether oxygens (including phenoxy) is 3. The van der Waals surface area contributed by atoms with Gasteiger partial charge in [0.25, 0.3) is 11.8 Å². The number of hydrogen-bond donors (Lipinski definition) is 2. The van der Waals surface area contributed by atoms with Gasteiger partial charge in [0, 0.05) is 13.2 Å². The van der Waals surface area contributed by atoms with Crippen molar-refractivity contribution in [2.24, 2.45) is 0 Å². The zero-order valence-electron chi connectivity index (χ0n) is 16.5. The summed E-state index contributed by atoms with van der Waals surface area (Å²) in [7, 11) is 0. The van der Waals surface area contributed by atoms with Crippen molar-refractivity contribution < 1.29 is 23.8 Å². The van der Waals surface area contributed by atoms with Crippen LogP contribution in [-0.2, 0) is 9.53 Å². The monoisotopic (exact) mass is 398 g/mol. The van der Waals surface area contributed by atoms with Gasteiger partial charge in [0.1, 0.15) is 11.5 Å². The van der Waals surface area contributed by atoms with E-state index in [-0.39, 0.29) is 24.5 Å². The summed E-state index contributed by atoms with van der Waals surface area (Å²) in [6, 6.07) is 13.9. The van der Waals surface area contributed by atoms with Crippen LogP contribution in [0.15, 0.2) is 48.5 Å². The Morgan fingerprint density at radius 3 is 2.48 bits per heavy atom. The van der Waals surface area contributed by atoms with Crippen LogP contribution in [0.3, 0.4) is 0 Å². The van der Waals surface area contributed by atoms with Gasteiger partial charge >= 0.3 is 0 Å². The molecule has 1 saturated heterocycles. The van der Waals surface area contributed by atoms with E-state index in [1.165, 1.54) is 0 Å². The van der Waals surface area contributed by atoms with Gasteiger partial charge in [-0.25, -0.2) is 0 Å². The molecule has 0 spiro atoms. The molecular formula is C22H26N2O5. The summed E-state index contributed by atoms with van der Waals surface area (Å²) in [5, 5.41) is 5.61. The van der Waals surface area contributed by atoms with Crippen molar-refractivity contribution in [2.75, 3.05) is 31.7 Å². The van der Waals surface area contributed by atoms with E-state index < -0.39 is 0 Å². The first-order chi connectivity index (χ1) is 14.2. The lowest BCUT2D eigenvalue weighted by Gasteiger charge is -2.14. The standard InChI is InChI=1S/C22H26N2O5/c1-2-27-16-9-11-17(12-10-16)29-15-21(25)24-20-8-4-3-7-19(20)22(26)23-14-18-6-5-13-28-18/h3-4,7-12,18H,2,5-6,13-15H2,1H3,(H,23,26)(H,24,25)/t18-/m1/s1. The van der Waals surface area contributed by atoms with Gasteiger partial charge in [0.05, 0.1) is 24.0 Å². The number of nitrogens with one attached hydrogen (secondary N) is 2. The van der Waals surface area contributed by atoms with Gasteiger partial charge in [-0.3, -0.25) is 9.59 Å². The maximum absolute atomic E-state index is 12.5. The lowest BCUT2D eigenvalue weighted by molar-refractivity contribution is -0.118. The van der Waals surface area contributed by atoms with Gasteiger partial charge in [-0.05, 0) is 56.2 Å². The van der Waals surface area contributed by atoms with Crippen LogP contribution in [-0.4, -0.2) is 44.3 Å². The van der Waals surface area contributed by atoms with Crippen LogP contribution in [0.2, 0.25) is 0 Å². The molecule has 0 saturated carbocycles. The zero-order valence-corrected chi connectivity index (χ0v) is 16.5. The van der Waals surface area contributed by atoms with Gasteiger partial charge in [0.15, 0.2) is 6.61 Å². The number of para-hydroxylation sites is 1. The summed E-state index contributed by atoms with van der Waals surface area (Å²) >= 11 is 0. The molecule has 2 amide bonds. The molecule has 29 heavy (non-hydrogen) atoms. The first kappa shape index (κ1) is 20.7. The highest BCUT2D eigenvalue weighted by atomic mass is 16.5. The van der Waals surface area contributed by atoms with Crippen molar-refractivity contribution in [3.05, 3.63) is 54.1 Å². The maximum atomic E-state index is 12.5. The summed E-state index contributed by atoms with van der Waals surface area (Å²) in [6.07, 6.45) is 2.02. The Hall–Kier alpha value is -3.06. The lowest BCUT2D eigenvalue weighted by atomic mass is 10.1. The van der Waals surface area contributed by atoms with E-state index in [1.54, 1.807) is 48.5 Å². The Kier molecular flexibility index (Phi) is 7.47. The largest absolute Gasteiger partial charge is 0.494 e. The fourth-order valence-electron chi connectivity index (χ4n) is 3.03. The number of rotatable bonds is 9. The molecule has 0 aromatic heterocycles. The fourth-order valence-corrected chi connectivity index (χ4v) is 3.03. The topological polar surface area (TPSA) is 85.9 Å². The third kappa shape index (κ3) is 6.22. The minimum absolute atomic E-state index is 0.0585. The number of hydrogen-bond acceptors (Lipinski definition) is 5. The molecule has 0 bridgehead atoms. The van der Waals surface area contributed by atoms with Crippen molar-refractivity contribution in [3.8, 4) is 11.5 Å². The van der Waals surface area contributed by atoms with E-state index in [0.717, 1.165) is 25.2 Å². The van der Waals surface area contributed by atoms with Crippen molar-refractivity contribution in [3.63, 3.8) is 0 Å². The minimum atomic E-state index is -0.349. The smallest absolute Gasteiger partial charge is 0.262 e. The molecule has 0 aliphatic carbocycles. The van der Waals surface area contributed by atoms with Gasteiger partial charge < -0.3 is 24.8 Å². The summed E-state index contributed by atoms with van der Waals surface area (Å²) in [5.74, 6) is 0.709. The Labute approximate surface area is 170 Å². The molecule has 1 fully saturated rings. The summed E-state index contributed by atoms with van der Waals surface area (Å²) in [4.78, 5) is 24.8. The maximum Gasteiger partial charge on any atom is 0.262 e. The summed E-state index contributed by atoms with van der Waals surface area (Å²) < 4.78 is 16.4. The second kappa shape index (κ2) is 10.5. The van der Waals surface area contributed by atoms with Crippen LogP contribution in [0.25, 0.3) is 0 Å². The fraction of sp³-hybridized carbons (Fsp3) is 0.364. The van der Waals surface area contributed by atoms with Crippen LogP contribution in [0, 0.1) is 0 Å². The summed E-state index contributed by atoms with van der Waals surface area (Å²) in [5.41, 5.74) is 0.845. The second-order valence-electron chi connectivity index (χ2n) is 6.63. The molecular weight excluding hydrogens is 372 g/mol. The van der Waals surface area contributed by atoms with Crippen molar-refractivity contribution in [1.82, 2.24) is 5.32 Å². The summed E-state index contributed by atoms with van der Waals surface area (Å²) in [6.45, 7) is 3.53. The average molecular weight is 398 g/mol. The van der Waals surface area contributed by atoms with Crippen molar-refractivity contribution >= 4 is 17.5 Å². The molecule has 0 unspecified atom stereocenters. The van der Waals surface area contributed by atoms with Gasteiger partial charge in [-0.1, -0.05) is 12.1 Å². The van der Waals surface area contributed by atoms with E-state index in [9.17, 15) is 9.59 Å². The van der Waals surface area contributed by atoms with E-state index in [1.807, 2.05) is 6.92 Å². The minimum Gasteiger partial charge on any atom is -0.494 e. The quantitative estimate of drug-likeness (QED) is 0.678. The van der Waals surface area contributed by atoms with Crippen LogP contribution in [0.5, 0.6) is 11.5 Å². The van der Waals surface area contributed by atoms with Crippen LogP contribution in [0.1, 0.15) is 30.1 Å². The Bertz CT molecular complexity index is 816. The van der Waals surface area contributed by atoms with E-state index in [4.69, 9.17) is 14.2 Å². The Balaban J connectivity index is 1.52. The number of carbonyl (C=O) groups excluding carboxylic acids is 2. The molecule has 154 valence electrons. The molecule has 7 nitrogen and oxygen atoms in total. The highest BCUT2D eigenvalue weighted by Crippen LogP contribution is 2.18. The van der Waals surface area contributed by atoms with E-state index in [2.05, 4.69) is 10.6 Å². The van der Waals surface area contributed by atoms with Crippen molar-refractivity contribution in [1.29, 1.82) is 0 Å². The van der Waals surface area contributed by atoms with Gasteiger partial charge in [-0.2, -0.15) is 0 Å². The molecule has 2 aromatic rings. The van der Waals surface area contributed by atoms with E-state index >= 15 is 0 Å². The Morgan fingerprint density at radius 1 is 1.07 bits per heavy atom. The van der Waals surface area contributed by atoms with Gasteiger partial charge in [-0.15, -0.1) is 0 Å². The molecule has 2 N–H and O–H groups in total. The zero-order chi connectivity index (χ0) is 20.5. The Morgan fingerprint density at radius 2 is 1.79 bits per heavy atom. The third-order valence-corrected chi connectivity index (χ3v) is 4.46. The van der Waals surface area contributed by atoms with E-state index in [0.29, 0.717) is 30.2 Å². The van der Waals surface area contributed by atoms with Crippen molar-refractivity contribution in [2.45, 2.75) is 25.9 Å².